The number of nitrogens with zero attached hydrogens (tertiary/aromatic N) is 2. The van der Waals surface area contributed by atoms with Crippen molar-refractivity contribution in [3.8, 4) is 5.75 Å². The molecular formula is C18H23N3O2S. The van der Waals surface area contributed by atoms with Crippen LogP contribution in [0, 0.1) is 6.92 Å². The van der Waals surface area contributed by atoms with Gasteiger partial charge in [-0.05, 0) is 32.0 Å². The molecule has 1 amide bonds. The number of hydrogen-bond donors (Lipinski definition) is 1. The van der Waals surface area contributed by atoms with Gasteiger partial charge < -0.3 is 15.0 Å². The Kier molecular flexibility index (Phi) is 5.82. The molecule has 1 N–H and O–H groups in total. The topological polar surface area (TPSA) is 54.5 Å². The lowest BCUT2D eigenvalue weighted by atomic mass is 10.2. The van der Waals surface area contributed by atoms with E-state index in [1.54, 1.807) is 11.3 Å². The molecule has 24 heavy (non-hydrogen) atoms. The Morgan fingerprint density at radius 2 is 2.12 bits per heavy atom. The van der Waals surface area contributed by atoms with E-state index in [0.717, 1.165) is 49.1 Å². The Balaban J connectivity index is 1.51. The van der Waals surface area contributed by atoms with Crippen LogP contribution in [0.4, 0.5) is 0 Å². The van der Waals surface area contributed by atoms with E-state index in [2.05, 4.69) is 10.3 Å². The van der Waals surface area contributed by atoms with Crippen LogP contribution in [0.1, 0.15) is 22.7 Å². The van der Waals surface area contributed by atoms with Crippen molar-refractivity contribution in [3.63, 3.8) is 0 Å². The average molecular weight is 345 g/mol. The van der Waals surface area contributed by atoms with E-state index in [-0.39, 0.29) is 5.91 Å². The number of nitrogens with one attached hydrogen (secondary N) is 1. The summed E-state index contributed by atoms with van der Waals surface area (Å²) in [4.78, 5) is 18.8. The number of amides is 1. The average Bonchev–Trinajstić information content (AvgIpc) is 2.85. The smallest absolute Gasteiger partial charge is 0.228 e. The minimum absolute atomic E-state index is 0.162. The molecule has 3 rings (SSSR count). The zero-order chi connectivity index (χ0) is 16.8. The first kappa shape index (κ1) is 16.9. The van der Waals surface area contributed by atoms with Gasteiger partial charge in [0.2, 0.25) is 5.91 Å². The van der Waals surface area contributed by atoms with Crippen LogP contribution >= 0.6 is 11.3 Å². The van der Waals surface area contributed by atoms with Crippen LogP contribution in [-0.4, -0.2) is 42.0 Å². The van der Waals surface area contributed by atoms with Gasteiger partial charge in [-0.15, -0.1) is 11.3 Å². The molecule has 1 aromatic carbocycles. The number of carbonyl (C=O) groups excluding carboxylic acids is 1. The van der Waals surface area contributed by atoms with Crippen LogP contribution in [0.15, 0.2) is 29.6 Å². The van der Waals surface area contributed by atoms with Crippen molar-refractivity contribution in [3.05, 3.63) is 45.9 Å². The summed E-state index contributed by atoms with van der Waals surface area (Å²) in [6.07, 6.45) is 1.39. The summed E-state index contributed by atoms with van der Waals surface area (Å²) in [5.74, 6) is 1.00. The highest BCUT2D eigenvalue weighted by Crippen LogP contribution is 2.16. The van der Waals surface area contributed by atoms with Crippen LogP contribution < -0.4 is 10.1 Å². The third-order valence-electron chi connectivity index (χ3n) is 4.01. The van der Waals surface area contributed by atoms with Crippen molar-refractivity contribution in [2.24, 2.45) is 0 Å². The molecule has 5 nitrogen and oxygen atoms in total. The number of thiazole rings is 1. The number of carbonyl (C=O) groups is 1. The number of hydrogen-bond acceptors (Lipinski definition) is 5. The molecule has 128 valence electrons. The first-order valence-electron chi connectivity index (χ1n) is 8.32. The van der Waals surface area contributed by atoms with Gasteiger partial charge in [0, 0.05) is 25.0 Å². The molecule has 0 radical (unpaired) electrons. The van der Waals surface area contributed by atoms with E-state index in [1.807, 2.05) is 41.5 Å². The Bertz CT molecular complexity index is 661. The first-order valence-corrected chi connectivity index (χ1v) is 9.20. The van der Waals surface area contributed by atoms with E-state index in [1.165, 1.54) is 5.56 Å². The highest BCUT2D eigenvalue weighted by molar-refractivity contribution is 7.09. The van der Waals surface area contributed by atoms with Crippen molar-refractivity contribution in [1.29, 1.82) is 0 Å². The van der Waals surface area contributed by atoms with Crippen LogP contribution in [0.3, 0.4) is 0 Å². The van der Waals surface area contributed by atoms with E-state index in [9.17, 15) is 4.79 Å². The summed E-state index contributed by atoms with van der Waals surface area (Å²) in [7, 11) is 0. The van der Waals surface area contributed by atoms with Crippen molar-refractivity contribution >= 4 is 17.2 Å². The summed E-state index contributed by atoms with van der Waals surface area (Å²) < 4.78 is 5.74. The van der Waals surface area contributed by atoms with Crippen LogP contribution in [0.5, 0.6) is 5.75 Å². The normalized spacial score (nSPS) is 15.1. The minimum atomic E-state index is 0.162. The molecule has 1 saturated heterocycles. The highest BCUT2D eigenvalue weighted by Gasteiger charge is 2.17. The maximum Gasteiger partial charge on any atom is 0.228 e. The fourth-order valence-electron chi connectivity index (χ4n) is 2.64. The van der Waals surface area contributed by atoms with Gasteiger partial charge >= 0.3 is 0 Å². The SMILES string of the molecule is Cc1ccc(OCc2nc(CC(=O)N3CCCNCC3)cs2)cc1. The molecule has 0 spiro atoms. The largest absolute Gasteiger partial charge is 0.486 e. The van der Waals surface area contributed by atoms with Crippen LogP contribution in [0.2, 0.25) is 0 Å². The third-order valence-corrected chi connectivity index (χ3v) is 4.88. The molecule has 6 heteroatoms. The quantitative estimate of drug-likeness (QED) is 0.904. The second kappa shape index (κ2) is 8.26. The zero-order valence-corrected chi connectivity index (χ0v) is 14.8. The van der Waals surface area contributed by atoms with Gasteiger partial charge in [-0.3, -0.25) is 4.79 Å². The molecule has 2 aromatic rings. The van der Waals surface area contributed by atoms with Gasteiger partial charge in [-0.1, -0.05) is 17.7 Å². The van der Waals surface area contributed by atoms with Crippen molar-refractivity contribution in [2.75, 3.05) is 26.2 Å². The highest BCUT2D eigenvalue weighted by atomic mass is 32.1. The molecule has 1 aromatic heterocycles. The van der Waals surface area contributed by atoms with Crippen LogP contribution in [-0.2, 0) is 17.8 Å². The summed E-state index contributed by atoms with van der Waals surface area (Å²) in [5, 5.41) is 6.17. The number of benzene rings is 1. The van der Waals surface area contributed by atoms with E-state index >= 15 is 0 Å². The van der Waals surface area contributed by atoms with Gasteiger partial charge in [0.15, 0.2) is 0 Å². The van der Waals surface area contributed by atoms with Gasteiger partial charge in [-0.25, -0.2) is 4.98 Å². The molecule has 0 unspecified atom stereocenters. The minimum Gasteiger partial charge on any atom is -0.486 e. The van der Waals surface area contributed by atoms with Gasteiger partial charge in [-0.2, -0.15) is 0 Å². The second-order valence-corrected chi connectivity index (χ2v) is 6.94. The second-order valence-electron chi connectivity index (χ2n) is 6.00. The first-order chi connectivity index (χ1) is 11.7. The summed E-state index contributed by atoms with van der Waals surface area (Å²) in [5.41, 5.74) is 2.05. The van der Waals surface area contributed by atoms with E-state index in [0.29, 0.717) is 13.0 Å². The predicted octanol–water partition coefficient (Wildman–Crippen LogP) is 2.39. The predicted molar refractivity (Wildman–Crippen MR) is 95.4 cm³/mol. The van der Waals surface area contributed by atoms with Crippen molar-refractivity contribution < 1.29 is 9.53 Å². The molecular weight excluding hydrogens is 322 g/mol. The lowest BCUT2D eigenvalue weighted by Gasteiger charge is -2.19. The van der Waals surface area contributed by atoms with E-state index < -0.39 is 0 Å². The Morgan fingerprint density at radius 1 is 1.29 bits per heavy atom. The molecule has 1 fully saturated rings. The number of ether oxygens (including phenoxy) is 1. The standard InChI is InChI=1S/C18H23N3O2S/c1-14-3-5-16(6-4-14)23-12-17-20-15(13-24-17)11-18(22)21-9-2-7-19-8-10-21/h3-6,13,19H,2,7-12H2,1H3. The summed E-state index contributed by atoms with van der Waals surface area (Å²) >= 11 is 1.55. The zero-order valence-electron chi connectivity index (χ0n) is 14.0. The third kappa shape index (κ3) is 4.79. The lowest BCUT2D eigenvalue weighted by Crippen LogP contribution is -2.35. The lowest BCUT2D eigenvalue weighted by molar-refractivity contribution is -0.130. The van der Waals surface area contributed by atoms with Crippen molar-refractivity contribution in [1.82, 2.24) is 15.2 Å². The van der Waals surface area contributed by atoms with Gasteiger partial charge in [0.1, 0.15) is 17.4 Å². The Hall–Kier alpha value is -1.92. The van der Waals surface area contributed by atoms with E-state index in [4.69, 9.17) is 4.74 Å². The van der Waals surface area contributed by atoms with Crippen LogP contribution in [0.25, 0.3) is 0 Å². The maximum absolute atomic E-state index is 12.4. The molecule has 1 aliphatic heterocycles. The number of aryl methyl sites for hydroxylation is 1. The molecule has 0 atom stereocenters. The number of rotatable bonds is 5. The monoisotopic (exact) mass is 345 g/mol. The molecule has 0 bridgehead atoms. The van der Waals surface area contributed by atoms with Gasteiger partial charge in [0.05, 0.1) is 12.1 Å². The number of aromatic nitrogens is 1. The summed E-state index contributed by atoms with van der Waals surface area (Å²) in [6.45, 7) is 5.97. The molecule has 0 aliphatic carbocycles. The molecule has 1 aliphatic rings. The Labute approximate surface area is 146 Å². The maximum atomic E-state index is 12.4. The molecule has 0 saturated carbocycles. The summed E-state index contributed by atoms with van der Waals surface area (Å²) in [6, 6.07) is 7.97. The fourth-order valence-corrected chi connectivity index (χ4v) is 3.34. The van der Waals surface area contributed by atoms with Crippen molar-refractivity contribution in [2.45, 2.75) is 26.4 Å². The molecule has 2 heterocycles. The fraction of sp³-hybridized carbons (Fsp3) is 0.444. The van der Waals surface area contributed by atoms with Gasteiger partial charge in [0.25, 0.3) is 0 Å². The Morgan fingerprint density at radius 3 is 2.96 bits per heavy atom.